The van der Waals surface area contributed by atoms with Crippen LogP contribution in [0.1, 0.15) is 41.6 Å². The van der Waals surface area contributed by atoms with E-state index in [0.717, 1.165) is 51.1 Å². The first-order valence-electron chi connectivity index (χ1n) is 11.2. The minimum absolute atomic E-state index is 0.169. The number of nitrogens with one attached hydrogen (secondary N) is 2. The summed E-state index contributed by atoms with van der Waals surface area (Å²) in [6.45, 7) is 3.58. The molecule has 3 aromatic rings. The standard InChI is InChI=1S/C23H26FN7O2/c1-25-23(33)21-26-12-17(13-27-21)31-8-6-30(7-9-31)16-4-2-14(10-16)20-28-19-5-3-15(24)11-18(19)22(32)29-20/h3,5,11-14,16H,2,4,6-10H2,1H3,(H,25,33)(H,28,29,32)/t14-,16+/m1/s1. The van der Waals surface area contributed by atoms with Crippen LogP contribution in [0.15, 0.2) is 35.4 Å². The number of piperazine rings is 1. The molecule has 2 N–H and O–H groups in total. The summed E-state index contributed by atoms with van der Waals surface area (Å²) in [5, 5.41) is 2.81. The first-order valence-corrected chi connectivity index (χ1v) is 11.2. The van der Waals surface area contributed by atoms with Crippen molar-refractivity contribution in [2.45, 2.75) is 31.2 Å². The summed E-state index contributed by atoms with van der Waals surface area (Å²) >= 11 is 0. The van der Waals surface area contributed by atoms with Gasteiger partial charge in [-0.2, -0.15) is 0 Å². The maximum Gasteiger partial charge on any atom is 0.288 e. The zero-order chi connectivity index (χ0) is 22.9. The number of anilines is 1. The third-order valence-corrected chi connectivity index (χ3v) is 6.74. The Morgan fingerprint density at radius 3 is 2.64 bits per heavy atom. The van der Waals surface area contributed by atoms with Crippen molar-refractivity contribution < 1.29 is 9.18 Å². The molecule has 2 atom stereocenters. The van der Waals surface area contributed by atoms with Crippen molar-refractivity contribution in [3.63, 3.8) is 0 Å². The summed E-state index contributed by atoms with van der Waals surface area (Å²) in [5.74, 6) is 0.338. The summed E-state index contributed by atoms with van der Waals surface area (Å²) in [7, 11) is 1.56. The van der Waals surface area contributed by atoms with Gasteiger partial charge in [0.05, 0.1) is 29.0 Å². The van der Waals surface area contributed by atoms with E-state index in [2.05, 4.69) is 35.1 Å². The van der Waals surface area contributed by atoms with Crippen molar-refractivity contribution in [1.82, 2.24) is 30.2 Å². The van der Waals surface area contributed by atoms with Crippen molar-refractivity contribution in [2.75, 3.05) is 38.1 Å². The van der Waals surface area contributed by atoms with Gasteiger partial charge in [0.25, 0.3) is 11.5 Å². The average molecular weight is 452 g/mol. The third-order valence-electron chi connectivity index (χ3n) is 6.74. The van der Waals surface area contributed by atoms with Crippen LogP contribution in [0, 0.1) is 5.82 Å². The smallest absolute Gasteiger partial charge is 0.288 e. The molecule has 172 valence electrons. The Labute approximate surface area is 190 Å². The number of aromatic amines is 1. The summed E-state index contributed by atoms with van der Waals surface area (Å²) in [4.78, 5) is 44.6. The summed E-state index contributed by atoms with van der Waals surface area (Å²) in [5.41, 5.74) is 1.18. The molecule has 1 aromatic carbocycles. The van der Waals surface area contributed by atoms with Crippen molar-refractivity contribution >= 4 is 22.5 Å². The number of carbonyl (C=O) groups excluding carboxylic acids is 1. The molecule has 1 saturated heterocycles. The molecule has 0 radical (unpaired) electrons. The Morgan fingerprint density at radius 1 is 1.15 bits per heavy atom. The Balaban J connectivity index is 1.21. The lowest BCUT2D eigenvalue weighted by Gasteiger charge is -2.39. The zero-order valence-corrected chi connectivity index (χ0v) is 18.4. The van der Waals surface area contributed by atoms with Gasteiger partial charge in [-0.1, -0.05) is 0 Å². The monoisotopic (exact) mass is 451 g/mol. The number of rotatable bonds is 4. The van der Waals surface area contributed by atoms with E-state index < -0.39 is 5.82 Å². The van der Waals surface area contributed by atoms with E-state index in [1.54, 1.807) is 25.5 Å². The summed E-state index contributed by atoms with van der Waals surface area (Å²) in [6, 6.07) is 4.59. The Hall–Kier alpha value is -3.40. The predicted molar refractivity (Wildman–Crippen MR) is 122 cm³/mol. The molecule has 0 bridgehead atoms. The van der Waals surface area contributed by atoms with Gasteiger partial charge in [0.15, 0.2) is 0 Å². The van der Waals surface area contributed by atoms with Gasteiger partial charge in [0.2, 0.25) is 5.82 Å². The first-order chi connectivity index (χ1) is 16.0. The molecule has 1 aliphatic carbocycles. The van der Waals surface area contributed by atoms with Crippen LogP contribution in [0.2, 0.25) is 0 Å². The van der Waals surface area contributed by atoms with Crippen LogP contribution in [0.25, 0.3) is 10.9 Å². The highest BCUT2D eigenvalue weighted by molar-refractivity contribution is 5.90. The lowest BCUT2D eigenvalue weighted by molar-refractivity contribution is 0.0952. The van der Waals surface area contributed by atoms with Crippen LogP contribution in [0.5, 0.6) is 0 Å². The largest absolute Gasteiger partial charge is 0.366 e. The van der Waals surface area contributed by atoms with Crippen LogP contribution < -0.4 is 15.8 Å². The van der Waals surface area contributed by atoms with E-state index in [0.29, 0.717) is 17.4 Å². The van der Waals surface area contributed by atoms with Gasteiger partial charge in [0.1, 0.15) is 11.6 Å². The summed E-state index contributed by atoms with van der Waals surface area (Å²) in [6.07, 6.45) is 6.37. The van der Waals surface area contributed by atoms with E-state index in [9.17, 15) is 14.0 Å². The lowest BCUT2D eigenvalue weighted by atomic mass is 10.1. The van der Waals surface area contributed by atoms with Crippen molar-refractivity contribution in [3.05, 3.63) is 58.4 Å². The molecule has 3 heterocycles. The van der Waals surface area contributed by atoms with Gasteiger partial charge < -0.3 is 15.2 Å². The van der Waals surface area contributed by atoms with Gasteiger partial charge in [0, 0.05) is 45.2 Å². The minimum Gasteiger partial charge on any atom is -0.366 e. The highest BCUT2D eigenvalue weighted by Crippen LogP contribution is 2.36. The van der Waals surface area contributed by atoms with Gasteiger partial charge in [-0.25, -0.2) is 19.3 Å². The van der Waals surface area contributed by atoms with E-state index in [1.807, 2.05) is 0 Å². The van der Waals surface area contributed by atoms with Crippen LogP contribution in [0.4, 0.5) is 10.1 Å². The molecule has 2 fully saturated rings. The normalized spacial score (nSPS) is 21.5. The number of benzene rings is 1. The predicted octanol–water partition coefficient (Wildman–Crippen LogP) is 1.67. The second-order valence-corrected chi connectivity index (χ2v) is 8.64. The molecule has 2 aromatic heterocycles. The fraction of sp³-hybridized carbons (Fsp3) is 0.435. The average Bonchev–Trinajstić information content (AvgIpc) is 3.34. The fourth-order valence-corrected chi connectivity index (χ4v) is 4.92. The van der Waals surface area contributed by atoms with Crippen molar-refractivity contribution in [2.24, 2.45) is 0 Å². The molecule has 1 amide bonds. The molecule has 33 heavy (non-hydrogen) atoms. The number of halogens is 1. The number of hydrogen-bond donors (Lipinski definition) is 2. The number of aromatic nitrogens is 4. The molecular weight excluding hydrogens is 425 g/mol. The highest BCUT2D eigenvalue weighted by atomic mass is 19.1. The topological polar surface area (TPSA) is 107 Å². The molecule has 9 nitrogen and oxygen atoms in total. The summed E-state index contributed by atoms with van der Waals surface area (Å²) < 4.78 is 13.5. The Kier molecular flexibility index (Phi) is 5.76. The van der Waals surface area contributed by atoms with Gasteiger partial charge in [-0.15, -0.1) is 0 Å². The van der Waals surface area contributed by atoms with E-state index in [1.165, 1.54) is 12.1 Å². The maximum absolute atomic E-state index is 13.5. The number of H-pyrrole nitrogens is 1. The number of carbonyl (C=O) groups is 1. The number of fused-ring (bicyclic) bond motifs is 1. The van der Waals surface area contributed by atoms with E-state index in [-0.39, 0.29) is 28.6 Å². The van der Waals surface area contributed by atoms with Crippen LogP contribution >= 0.6 is 0 Å². The molecule has 10 heteroatoms. The molecule has 1 aliphatic heterocycles. The third kappa shape index (κ3) is 4.30. The highest BCUT2D eigenvalue weighted by Gasteiger charge is 2.33. The number of amides is 1. The molecule has 0 spiro atoms. The maximum atomic E-state index is 13.5. The van der Waals surface area contributed by atoms with E-state index >= 15 is 0 Å². The quantitative estimate of drug-likeness (QED) is 0.621. The SMILES string of the molecule is CNC(=O)c1ncc(N2CCN([C@H]3CC[C@@H](c4nc5ccc(F)cc5c(=O)[nH]4)C3)CC2)cn1. The first kappa shape index (κ1) is 21.4. The fourth-order valence-electron chi connectivity index (χ4n) is 4.92. The van der Waals surface area contributed by atoms with Gasteiger partial charge in [-0.3, -0.25) is 14.5 Å². The molecule has 5 rings (SSSR count). The molecular formula is C23H26FN7O2. The molecule has 0 unspecified atom stereocenters. The molecule has 2 aliphatic rings. The number of nitrogens with zero attached hydrogens (tertiary/aromatic N) is 5. The lowest BCUT2D eigenvalue weighted by Crippen LogP contribution is -2.49. The second kappa shape index (κ2) is 8.86. The second-order valence-electron chi connectivity index (χ2n) is 8.64. The molecule has 1 saturated carbocycles. The minimum atomic E-state index is -0.434. The Morgan fingerprint density at radius 2 is 1.91 bits per heavy atom. The number of hydrogen-bond acceptors (Lipinski definition) is 7. The van der Waals surface area contributed by atoms with Crippen LogP contribution in [-0.2, 0) is 0 Å². The van der Waals surface area contributed by atoms with Crippen LogP contribution in [-0.4, -0.2) is 70.0 Å². The van der Waals surface area contributed by atoms with Crippen LogP contribution in [0.3, 0.4) is 0 Å². The zero-order valence-electron chi connectivity index (χ0n) is 18.4. The van der Waals surface area contributed by atoms with Crippen molar-refractivity contribution in [1.29, 1.82) is 0 Å². The van der Waals surface area contributed by atoms with E-state index in [4.69, 9.17) is 0 Å². The Bertz CT molecular complexity index is 1220. The van der Waals surface area contributed by atoms with Gasteiger partial charge >= 0.3 is 0 Å². The van der Waals surface area contributed by atoms with Crippen molar-refractivity contribution in [3.8, 4) is 0 Å². The van der Waals surface area contributed by atoms with Gasteiger partial charge in [-0.05, 0) is 37.5 Å².